The van der Waals surface area contributed by atoms with E-state index in [-0.39, 0.29) is 21.7 Å². The Morgan fingerprint density at radius 3 is 0.985 bits per heavy atom. The standard InChI is InChI=1S/C65H84S3/c1-4-7-10-13-16-21-44-66-59-38-32-56(33-39-59)63-47-62(55-30-28-54(29-31-55)27-26-53-24-19-20-25-53)48-64(50-63,57-34-40-60(41-35-57)67-45-22-17-14-11-8-5-2)52-65(49-62,51-63)58-36-42-61(43-37-58)68-46-23-18-15-12-9-6-3/h19-20,24,28-43H,4-18,21-23,25,44-52H2,1-3H3. The lowest BCUT2D eigenvalue weighted by Crippen LogP contribution is -2.67. The summed E-state index contributed by atoms with van der Waals surface area (Å²) >= 11 is 6.22. The molecule has 0 atom stereocenters. The second kappa shape index (κ2) is 25.4. The van der Waals surface area contributed by atoms with Crippen LogP contribution in [0.4, 0.5) is 0 Å². The van der Waals surface area contributed by atoms with Gasteiger partial charge in [-0.2, -0.15) is 0 Å². The Bertz CT molecular complexity index is 2070. The van der Waals surface area contributed by atoms with Gasteiger partial charge in [0.05, 0.1) is 0 Å². The van der Waals surface area contributed by atoms with Gasteiger partial charge in [0, 0.05) is 25.8 Å². The summed E-state index contributed by atoms with van der Waals surface area (Å²) in [4.78, 5) is 4.32. The molecule has 4 saturated carbocycles. The van der Waals surface area contributed by atoms with Crippen molar-refractivity contribution < 1.29 is 0 Å². The molecule has 362 valence electrons. The lowest BCUT2D eigenvalue weighted by molar-refractivity contribution is -0.0692. The van der Waals surface area contributed by atoms with Gasteiger partial charge in [-0.25, -0.2) is 0 Å². The summed E-state index contributed by atoms with van der Waals surface area (Å²) in [5, 5.41) is 0. The molecule has 4 bridgehead atoms. The number of hydrogen-bond acceptors (Lipinski definition) is 3. The molecule has 3 heteroatoms. The van der Waals surface area contributed by atoms with E-state index >= 15 is 0 Å². The number of benzene rings is 4. The molecule has 0 aromatic heterocycles. The Morgan fingerprint density at radius 1 is 0.368 bits per heavy atom. The van der Waals surface area contributed by atoms with Crippen molar-refractivity contribution in [2.45, 2.75) is 218 Å². The van der Waals surface area contributed by atoms with Crippen LogP contribution in [0.25, 0.3) is 0 Å². The number of hydrogen-bond donors (Lipinski definition) is 0. The fraction of sp³-hybridized carbons (Fsp3) is 0.538. The second-order valence-electron chi connectivity index (χ2n) is 21.8. The molecular weight excluding hydrogens is 877 g/mol. The quantitative estimate of drug-likeness (QED) is 0.0316. The maximum Gasteiger partial charge on any atom is 0.0249 e. The zero-order chi connectivity index (χ0) is 47.0. The topological polar surface area (TPSA) is 0 Å². The van der Waals surface area contributed by atoms with Crippen LogP contribution in [0.2, 0.25) is 0 Å². The molecule has 0 unspecified atom stereocenters. The summed E-state index contributed by atoms with van der Waals surface area (Å²) in [6.45, 7) is 6.94. The Kier molecular flexibility index (Phi) is 19.2. The third kappa shape index (κ3) is 13.1. The van der Waals surface area contributed by atoms with Crippen molar-refractivity contribution in [2.24, 2.45) is 0 Å². The molecule has 0 nitrogen and oxygen atoms in total. The van der Waals surface area contributed by atoms with Gasteiger partial charge in [-0.1, -0.05) is 196 Å². The van der Waals surface area contributed by atoms with E-state index in [0.717, 1.165) is 12.0 Å². The van der Waals surface area contributed by atoms with Crippen molar-refractivity contribution in [3.05, 3.63) is 149 Å². The largest absolute Gasteiger partial charge is 0.126 e. The molecule has 0 amide bonds. The summed E-state index contributed by atoms with van der Waals surface area (Å²) in [5.41, 5.74) is 8.90. The number of thioether (sulfide) groups is 3. The van der Waals surface area contributed by atoms with Gasteiger partial charge in [-0.3, -0.25) is 0 Å². The van der Waals surface area contributed by atoms with Gasteiger partial charge in [0.2, 0.25) is 0 Å². The highest BCUT2D eigenvalue weighted by atomic mass is 32.2. The maximum absolute atomic E-state index is 3.53. The molecule has 68 heavy (non-hydrogen) atoms. The van der Waals surface area contributed by atoms with Crippen molar-refractivity contribution in [2.75, 3.05) is 17.3 Å². The van der Waals surface area contributed by atoms with Gasteiger partial charge in [0.25, 0.3) is 0 Å². The summed E-state index contributed by atoms with van der Waals surface area (Å²) in [6.07, 6.45) is 39.3. The molecule has 4 aromatic rings. The Balaban J connectivity index is 1.12. The van der Waals surface area contributed by atoms with Crippen molar-refractivity contribution in [3.63, 3.8) is 0 Å². The highest BCUT2D eigenvalue weighted by Crippen LogP contribution is 2.75. The minimum absolute atomic E-state index is 0.0558. The first-order valence-electron chi connectivity index (χ1n) is 27.6. The first-order chi connectivity index (χ1) is 33.4. The van der Waals surface area contributed by atoms with E-state index in [1.54, 1.807) is 16.7 Å². The summed E-state index contributed by atoms with van der Waals surface area (Å²) < 4.78 is 0. The lowest BCUT2D eigenvalue weighted by Gasteiger charge is -2.71. The lowest BCUT2D eigenvalue weighted by atomic mass is 9.32. The third-order valence-electron chi connectivity index (χ3n) is 16.4. The van der Waals surface area contributed by atoms with Gasteiger partial charge >= 0.3 is 0 Å². The summed E-state index contributed by atoms with van der Waals surface area (Å²) in [6, 6.07) is 40.2. The van der Waals surface area contributed by atoms with Crippen LogP contribution in [0.1, 0.15) is 209 Å². The number of allylic oxidation sites excluding steroid dienone is 4. The molecular formula is C65H84S3. The van der Waals surface area contributed by atoms with E-state index in [2.05, 4.69) is 183 Å². The smallest absolute Gasteiger partial charge is 0.0249 e. The molecule has 4 fully saturated rings. The van der Waals surface area contributed by atoms with Crippen LogP contribution in [0.5, 0.6) is 0 Å². The minimum Gasteiger partial charge on any atom is -0.126 e. The van der Waals surface area contributed by atoms with Gasteiger partial charge in [-0.15, -0.1) is 35.3 Å². The molecule has 0 N–H and O–H groups in total. The molecule has 5 aliphatic carbocycles. The maximum atomic E-state index is 3.53. The van der Waals surface area contributed by atoms with Crippen LogP contribution >= 0.6 is 35.3 Å². The molecule has 9 rings (SSSR count). The highest BCUT2D eigenvalue weighted by Gasteiger charge is 2.69. The normalized spacial score (nSPS) is 23.5. The predicted octanol–water partition coefficient (Wildman–Crippen LogP) is 19.7. The molecule has 5 aliphatic rings. The fourth-order valence-electron chi connectivity index (χ4n) is 13.4. The van der Waals surface area contributed by atoms with Gasteiger partial charge in [-0.05, 0) is 174 Å². The minimum atomic E-state index is 0.0558. The zero-order valence-corrected chi connectivity index (χ0v) is 44.9. The van der Waals surface area contributed by atoms with Crippen LogP contribution in [0, 0.1) is 11.8 Å². The van der Waals surface area contributed by atoms with E-state index in [0.29, 0.717) is 0 Å². The molecule has 0 aliphatic heterocycles. The van der Waals surface area contributed by atoms with E-state index in [9.17, 15) is 0 Å². The average Bonchev–Trinajstić information content (AvgIpc) is 3.89. The Hall–Kier alpha value is -3.03. The fourth-order valence-corrected chi connectivity index (χ4v) is 16.1. The SMILES string of the molecule is CCCCCCCCSc1ccc(C23CC4(c5ccc(C#CC6=CC=CC6)cc5)CC(c5ccc(SCCCCCCCC)cc5)(C2)CC(c2ccc(SCCCCCCCC)cc2)(C4)C3)cc1. The zero-order valence-electron chi connectivity index (χ0n) is 42.5. The van der Waals surface area contributed by atoms with E-state index < -0.39 is 0 Å². The van der Waals surface area contributed by atoms with Crippen LogP contribution in [0.15, 0.2) is 136 Å². The molecule has 0 saturated heterocycles. The van der Waals surface area contributed by atoms with Crippen molar-refractivity contribution in [3.8, 4) is 11.8 Å². The molecule has 0 radical (unpaired) electrons. The average molecular weight is 962 g/mol. The van der Waals surface area contributed by atoms with Crippen LogP contribution in [-0.2, 0) is 21.7 Å². The van der Waals surface area contributed by atoms with Crippen LogP contribution in [-0.4, -0.2) is 17.3 Å². The summed E-state index contributed by atoms with van der Waals surface area (Å²) in [7, 11) is 0. The third-order valence-corrected chi connectivity index (χ3v) is 19.7. The second-order valence-corrected chi connectivity index (χ2v) is 25.3. The first-order valence-corrected chi connectivity index (χ1v) is 30.6. The Morgan fingerprint density at radius 2 is 0.676 bits per heavy atom. The van der Waals surface area contributed by atoms with Gasteiger partial charge in [0.1, 0.15) is 0 Å². The monoisotopic (exact) mass is 961 g/mol. The molecule has 0 heterocycles. The first kappa shape index (κ1) is 51.3. The predicted molar refractivity (Wildman–Crippen MR) is 301 cm³/mol. The van der Waals surface area contributed by atoms with Gasteiger partial charge < -0.3 is 0 Å². The van der Waals surface area contributed by atoms with Crippen LogP contribution in [0.3, 0.4) is 0 Å². The van der Waals surface area contributed by atoms with Crippen molar-refractivity contribution in [1.82, 2.24) is 0 Å². The van der Waals surface area contributed by atoms with Gasteiger partial charge in [0.15, 0.2) is 0 Å². The highest BCUT2D eigenvalue weighted by molar-refractivity contribution is 7.99. The van der Waals surface area contributed by atoms with Crippen LogP contribution < -0.4 is 0 Å². The van der Waals surface area contributed by atoms with Crippen molar-refractivity contribution in [1.29, 1.82) is 0 Å². The van der Waals surface area contributed by atoms with E-state index in [1.807, 2.05) is 0 Å². The number of unbranched alkanes of at least 4 members (excludes halogenated alkanes) is 15. The summed E-state index contributed by atoms with van der Waals surface area (Å²) in [5.74, 6) is 10.7. The molecule has 4 aromatic carbocycles. The van der Waals surface area contributed by atoms with E-state index in [1.165, 1.54) is 197 Å². The Labute approximate surface area is 428 Å². The van der Waals surface area contributed by atoms with E-state index in [4.69, 9.17) is 0 Å². The van der Waals surface area contributed by atoms with Crippen molar-refractivity contribution >= 4 is 35.3 Å². The number of rotatable bonds is 28. The molecule has 0 spiro atoms.